The first-order valence-corrected chi connectivity index (χ1v) is 6.24. The predicted octanol–water partition coefficient (Wildman–Crippen LogP) is 1.91. The molecule has 0 spiro atoms. The highest BCUT2D eigenvalue weighted by molar-refractivity contribution is 6.31. The van der Waals surface area contributed by atoms with Gasteiger partial charge in [0, 0.05) is 29.5 Å². The minimum absolute atomic E-state index is 0.0849. The second kappa shape index (κ2) is 5.42. The molecule has 0 aliphatic heterocycles. The van der Waals surface area contributed by atoms with E-state index in [1.54, 1.807) is 0 Å². The lowest BCUT2D eigenvalue weighted by atomic mass is 10.2. The molecule has 0 fully saturated rings. The first-order valence-electron chi connectivity index (χ1n) is 5.86. The van der Waals surface area contributed by atoms with Crippen LogP contribution < -0.4 is 11.1 Å². The Kier molecular flexibility index (Phi) is 3.89. The van der Waals surface area contributed by atoms with E-state index < -0.39 is 0 Å². The van der Waals surface area contributed by atoms with Crippen LogP contribution in [0.4, 0.5) is 0 Å². The molecule has 4 nitrogen and oxygen atoms in total. The summed E-state index contributed by atoms with van der Waals surface area (Å²) in [5.41, 5.74) is 6.97. The second-order valence-corrected chi connectivity index (χ2v) is 4.63. The first-order chi connectivity index (χ1) is 8.63. The predicted molar refractivity (Wildman–Crippen MR) is 73.9 cm³/mol. The van der Waals surface area contributed by atoms with Crippen LogP contribution in [-0.4, -0.2) is 23.6 Å². The van der Waals surface area contributed by atoms with Crippen LogP contribution in [0.25, 0.3) is 10.9 Å². The first kappa shape index (κ1) is 12.9. The van der Waals surface area contributed by atoms with Gasteiger partial charge in [-0.2, -0.15) is 0 Å². The molecule has 0 aliphatic carbocycles. The molecule has 1 aromatic carbocycles. The van der Waals surface area contributed by atoms with Crippen molar-refractivity contribution in [2.24, 2.45) is 12.8 Å². The van der Waals surface area contributed by atoms with E-state index >= 15 is 0 Å². The van der Waals surface area contributed by atoms with Crippen molar-refractivity contribution in [3.63, 3.8) is 0 Å². The van der Waals surface area contributed by atoms with E-state index in [0.717, 1.165) is 17.3 Å². The third kappa shape index (κ3) is 2.49. The molecule has 0 saturated carbocycles. The number of amides is 1. The smallest absolute Gasteiger partial charge is 0.267 e. The summed E-state index contributed by atoms with van der Waals surface area (Å²) in [5.74, 6) is -0.0849. The minimum atomic E-state index is -0.0849. The van der Waals surface area contributed by atoms with E-state index in [0.29, 0.717) is 23.8 Å². The Balaban J connectivity index is 2.28. The van der Waals surface area contributed by atoms with Gasteiger partial charge in [-0.25, -0.2) is 0 Å². The van der Waals surface area contributed by atoms with Gasteiger partial charge in [0.1, 0.15) is 5.69 Å². The molecule has 0 aliphatic rings. The van der Waals surface area contributed by atoms with E-state index in [-0.39, 0.29) is 5.91 Å². The summed E-state index contributed by atoms with van der Waals surface area (Å²) < 4.78 is 1.85. The molecule has 5 heteroatoms. The van der Waals surface area contributed by atoms with Crippen molar-refractivity contribution in [1.29, 1.82) is 0 Å². The van der Waals surface area contributed by atoms with E-state index in [1.165, 1.54) is 0 Å². The van der Waals surface area contributed by atoms with E-state index in [4.69, 9.17) is 17.3 Å². The Morgan fingerprint density at radius 1 is 1.44 bits per heavy atom. The van der Waals surface area contributed by atoms with Gasteiger partial charge >= 0.3 is 0 Å². The zero-order valence-corrected chi connectivity index (χ0v) is 11.0. The third-order valence-corrected chi connectivity index (χ3v) is 3.14. The van der Waals surface area contributed by atoms with Crippen LogP contribution in [0.5, 0.6) is 0 Å². The molecule has 2 rings (SSSR count). The van der Waals surface area contributed by atoms with Crippen LogP contribution in [0.1, 0.15) is 16.9 Å². The molecule has 1 aromatic heterocycles. The topological polar surface area (TPSA) is 60.0 Å². The number of carbonyl (C=O) groups excluding carboxylic acids is 1. The monoisotopic (exact) mass is 265 g/mol. The molecule has 0 unspecified atom stereocenters. The Bertz CT molecular complexity index is 577. The van der Waals surface area contributed by atoms with Gasteiger partial charge in [0.25, 0.3) is 5.91 Å². The molecule has 0 bridgehead atoms. The SMILES string of the molecule is Cn1c(C(=O)NCCCN)cc2ccc(Cl)cc21. The Hall–Kier alpha value is -1.52. The van der Waals surface area contributed by atoms with E-state index in [2.05, 4.69) is 5.32 Å². The van der Waals surface area contributed by atoms with Crippen LogP contribution in [-0.2, 0) is 7.05 Å². The maximum Gasteiger partial charge on any atom is 0.267 e. The van der Waals surface area contributed by atoms with Crippen molar-refractivity contribution in [2.75, 3.05) is 13.1 Å². The summed E-state index contributed by atoms with van der Waals surface area (Å²) in [4.78, 5) is 12.0. The highest BCUT2D eigenvalue weighted by atomic mass is 35.5. The fraction of sp³-hybridized carbons (Fsp3) is 0.308. The Morgan fingerprint density at radius 2 is 2.22 bits per heavy atom. The number of nitrogens with two attached hydrogens (primary N) is 1. The Labute approximate surface area is 111 Å². The van der Waals surface area contributed by atoms with Crippen LogP contribution >= 0.6 is 11.6 Å². The summed E-state index contributed by atoms with van der Waals surface area (Å²) in [5, 5.41) is 4.51. The maximum absolute atomic E-state index is 12.0. The molecule has 0 atom stereocenters. The lowest BCUT2D eigenvalue weighted by Crippen LogP contribution is -2.27. The zero-order valence-electron chi connectivity index (χ0n) is 10.2. The number of rotatable bonds is 4. The maximum atomic E-state index is 12.0. The van der Waals surface area contributed by atoms with Gasteiger partial charge in [0.15, 0.2) is 0 Å². The molecule has 0 saturated heterocycles. The average Bonchev–Trinajstić information content (AvgIpc) is 2.67. The number of nitrogens with one attached hydrogen (secondary N) is 1. The lowest BCUT2D eigenvalue weighted by molar-refractivity contribution is 0.0946. The average molecular weight is 266 g/mol. The van der Waals surface area contributed by atoms with Gasteiger partial charge in [0.05, 0.1) is 0 Å². The number of fused-ring (bicyclic) bond motifs is 1. The summed E-state index contributed by atoms with van der Waals surface area (Å²) in [6.45, 7) is 1.17. The van der Waals surface area contributed by atoms with Crippen molar-refractivity contribution in [3.8, 4) is 0 Å². The highest BCUT2D eigenvalue weighted by Gasteiger charge is 2.12. The number of halogens is 1. The number of hydrogen-bond donors (Lipinski definition) is 2. The summed E-state index contributed by atoms with van der Waals surface area (Å²) in [6.07, 6.45) is 0.779. The quantitative estimate of drug-likeness (QED) is 0.830. The summed E-state index contributed by atoms with van der Waals surface area (Å²) >= 11 is 5.95. The molecular formula is C13H16ClN3O. The fourth-order valence-corrected chi connectivity index (χ4v) is 2.08. The van der Waals surface area contributed by atoms with Crippen LogP contribution in [0.15, 0.2) is 24.3 Å². The van der Waals surface area contributed by atoms with E-state index in [9.17, 15) is 4.79 Å². The molecule has 1 heterocycles. The molecular weight excluding hydrogens is 250 g/mol. The number of benzene rings is 1. The minimum Gasteiger partial charge on any atom is -0.351 e. The van der Waals surface area contributed by atoms with Crippen molar-refractivity contribution < 1.29 is 4.79 Å². The molecule has 2 aromatic rings. The van der Waals surface area contributed by atoms with Gasteiger partial charge < -0.3 is 15.6 Å². The van der Waals surface area contributed by atoms with Gasteiger partial charge in [-0.1, -0.05) is 17.7 Å². The van der Waals surface area contributed by atoms with Crippen LogP contribution in [0.2, 0.25) is 5.02 Å². The molecule has 96 valence electrons. The number of aryl methyl sites for hydroxylation is 1. The molecule has 3 N–H and O–H groups in total. The normalized spacial score (nSPS) is 10.8. The van der Waals surface area contributed by atoms with Crippen molar-refractivity contribution in [2.45, 2.75) is 6.42 Å². The molecule has 18 heavy (non-hydrogen) atoms. The van der Waals surface area contributed by atoms with Gasteiger partial charge in [-0.15, -0.1) is 0 Å². The number of aromatic nitrogens is 1. The zero-order chi connectivity index (χ0) is 13.1. The second-order valence-electron chi connectivity index (χ2n) is 4.19. The highest BCUT2D eigenvalue weighted by Crippen LogP contribution is 2.22. The van der Waals surface area contributed by atoms with Crippen molar-refractivity contribution >= 4 is 28.4 Å². The molecule has 0 radical (unpaired) electrons. The largest absolute Gasteiger partial charge is 0.351 e. The standard InChI is InChI=1S/C13H16ClN3O/c1-17-11-8-10(14)4-3-9(11)7-12(17)13(18)16-6-2-5-15/h3-4,7-8H,2,5-6,15H2,1H3,(H,16,18). The summed E-state index contributed by atoms with van der Waals surface area (Å²) in [6, 6.07) is 7.45. The number of carbonyl (C=O) groups is 1. The van der Waals surface area contributed by atoms with E-state index in [1.807, 2.05) is 35.9 Å². The summed E-state index contributed by atoms with van der Waals surface area (Å²) in [7, 11) is 1.86. The Morgan fingerprint density at radius 3 is 2.94 bits per heavy atom. The van der Waals surface area contributed by atoms with Crippen molar-refractivity contribution in [1.82, 2.24) is 9.88 Å². The molecule has 1 amide bonds. The number of nitrogens with zero attached hydrogens (tertiary/aromatic N) is 1. The fourth-order valence-electron chi connectivity index (χ4n) is 1.92. The van der Waals surface area contributed by atoms with Gasteiger partial charge in [-0.3, -0.25) is 4.79 Å². The third-order valence-electron chi connectivity index (χ3n) is 2.91. The van der Waals surface area contributed by atoms with Crippen molar-refractivity contribution in [3.05, 3.63) is 35.0 Å². The van der Waals surface area contributed by atoms with Gasteiger partial charge in [0.2, 0.25) is 0 Å². The van der Waals surface area contributed by atoms with Crippen LogP contribution in [0.3, 0.4) is 0 Å². The van der Waals surface area contributed by atoms with Gasteiger partial charge in [-0.05, 0) is 31.2 Å². The van der Waals surface area contributed by atoms with Crippen LogP contribution in [0, 0.1) is 0 Å². The lowest BCUT2D eigenvalue weighted by Gasteiger charge is -2.05. The number of hydrogen-bond acceptors (Lipinski definition) is 2.